The Morgan fingerprint density at radius 1 is 1.67 bits per heavy atom. The molecule has 1 aromatic rings. The third-order valence-corrected chi connectivity index (χ3v) is 2.00. The normalized spacial score (nSPS) is 14.5. The van der Waals surface area contributed by atoms with Crippen LogP contribution in [0.5, 0.6) is 5.75 Å². The minimum absolute atomic E-state index is 0.0160. The van der Waals surface area contributed by atoms with Crippen LogP contribution in [0, 0.1) is 0 Å². The van der Waals surface area contributed by atoms with E-state index in [4.69, 9.17) is 15.9 Å². The quantitative estimate of drug-likeness (QED) is 0.535. The van der Waals surface area contributed by atoms with Crippen molar-refractivity contribution < 1.29 is 15.0 Å². The van der Waals surface area contributed by atoms with Gasteiger partial charge in [0.2, 0.25) is 5.43 Å². The summed E-state index contributed by atoms with van der Waals surface area (Å²) in [4.78, 5) is 24.3. The summed E-state index contributed by atoms with van der Waals surface area (Å²) in [5.74, 6) is -1.57. The standard InChI is InChI=1S/C9H12N2O4/c1-9(10,8(14)15)3-5-2-6(12)7(13)4-11-5/h2,4,13H,3,10H2,1H3,(H,11,12)(H,14,15). The molecule has 0 spiro atoms. The van der Waals surface area contributed by atoms with Crippen molar-refractivity contribution in [2.45, 2.75) is 18.9 Å². The molecule has 1 unspecified atom stereocenters. The molecule has 0 saturated heterocycles. The van der Waals surface area contributed by atoms with Crippen molar-refractivity contribution in [3.63, 3.8) is 0 Å². The maximum Gasteiger partial charge on any atom is 0.323 e. The zero-order valence-corrected chi connectivity index (χ0v) is 8.15. The average molecular weight is 212 g/mol. The summed E-state index contributed by atoms with van der Waals surface area (Å²) in [6, 6.07) is 1.13. The first-order valence-corrected chi connectivity index (χ1v) is 4.26. The number of nitrogens with two attached hydrogens (primary N) is 1. The number of hydrogen-bond acceptors (Lipinski definition) is 4. The van der Waals surface area contributed by atoms with Crippen molar-refractivity contribution in [2.24, 2.45) is 5.73 Å². The molecule has 6 nitrogen and oxygen atoms in total. The Balaban J connectivity index is 2.96. The highest BCUT2D eigenvalue weighted by atomic mass is 16.4. The number of carboxylic acid groups (broad SMARTS) is 1. The van der Waals surface area contributed by atoms with Gasteiger partial charge < -0.3 is 20.9 Å². The lowest BCUT2D eigenvalue weighted by molar-refractivity contribution is -0.142. The maximum atomic E-state index is 11.0. The number of rotatable bonds is 3. The van der Waals surface area contributed by atoms with Crippen LogP contribution in [0.3, 0.4) is 0 Å². The smallest absolute Gasteiger partial charge is 0.323 e. The number of H-pyrrole nitrogens is 1. The van der Waals surface area contributed by atoms with E-state index in [1.165, 1.54) is 6.92 Å². The molecule has 0 amide bonds. The Labute approximate surface area is 85.4 Å². The molecule has 5 N–H and O–H groups in total. The van der Waals surface area contributed by atoms with Crippen LogP contribution in [-0.2, 0) is 11.2 Å². The molecule has 1 atom stereocenters. The predicted octanol–water partition coefficient (Wildman–Crippen LogP) is -0.575. The van der Waals surface area contributed by atoms with Gasteiger partial charge in [-0.15, -0.1) is 0 Å². The molecule has 6 heteroatoms. The molecule has 1 heterocycles. The lowest BCUT2D eigenvalue weighted by Gasteiger charge is -2.18. The molecule has 0 aliphatic rings. The lowest BCUT2D eigenvalue weighted by atomic mass is 9.97. The summed E-state index contributed by atoms with van der Waals surface area (Å²) in [6.45, 7) is 1.35. The molecule has 0 radical (unpaired) electrons. The van der Waals surface area contributed by atoms with Gasteiger partial charge in [0.15, 0.2) is 5.75 Å². The van der Waals surface area contributed by atoms with Gasteiger partial charge in [0, 0.05) is 24.4 Å². The zero-order chi connectivity index (χ0) is 11.6. The molecule has 1 rings (SSSR count). The third-order valence-electron chi connectivity index (χ3n) is 2.00. The van der Waals surface area contributed by atoms with E-state index in [9.17, 15) is 9.59 Å². The molecule has 0 aromatic carbocycles. The van der Waals surface area contributed by atoms with E-state index in [0.29, 0.717) is 5.69 Å². The highest BCUT2D eigenvalue weighted by molar-refractivity contribution is 5.78. The summed E-state index contributed by atoms with van der Waals surface area (Å²) in [6.07, 6.45) is 1.09. The Morgan fingerprint density at radius 3 is 2.73 bits per heavy atom. The number of hydrogen-bond donors (Lipinski definition) is 4. The topological polar surface area (TPSA) is 116 Å². The van der Waals surface area contributed by atoms with Crippen LogP contribution >= 0.6 is 0 Å². The minimum atomic E-state index is -1.44. The van der Waals surface area contributed by atoms with Gasteiger partial charge in [-0.2, -0.15) is 0 Å². The highest BCUT2D eigenvalue weighted by Crippen LogP contribution is 2.08. The number of aromatic hydroxyl groups is 1. The first-order chi connectivity index (χ1) is 6.83. The summed E-state index contributed by atoms with van der Waals surface area (Å²) >= 11 is 0. The van der Waals surface area contributed by atoms with Gasteiger partial charge in [-0.3, -0.25) is 9.59 Å². The fraction of sp³-hybridized carbons (Fsp3) is 0.333. The van der Waals surface area contributed by atoms with E-state index in [1.54, 1.807) is 0 Å². The predicted molar refractivity (Wildman–Crippen MR) is 52.7 cm³/mol. The van der Waals surface area contributed by atoms with E-state index in [1.807, 2.05) is 0 Å². The Bertz CT molecular complexity index is 436. The Kier molecular flexibility index (Phi) is 2.81. The van der Waals surface area contributed by atoms with Gasteiger partial charge >= 0.3 is 5.97 Å². The lowest BCUT2D eigenvalue weighted by Crippen LogP contribution is -2.47. The number of pyridine rings is 1. The molecule has 82 valence electrons. The van der Waals surface area contributed by atoms with E-state index in [0.717, 1.165) is 12.3 Å². The number of carboxylic acids is 1. The van der Waals surface area contributed by atoms with Crippen LogP contribution in [0.1, 0.15) is 12.6 Å². The zero-order valence-electron chi connectivity index (χ0n) is 8.15. The molecular weight excluding hydrogens is 200 g/mol. The first-order valence-electron chi connectivity index (χ1n) is 4.26. The van der Waals surface area contributed by atoms with Crippen LogP contribution in [0.4, 0.5) is 0 Å². The van der Waals surface area contributed by atoms with Gasteiger partial charge in [-0.25, -0.2) is 0 Å². The molecule has 0 saturated carbocycles. The molecular formula is C9H12N2O4. The molecule has 0 aliphatic heterocycles. The van der Waals surface area contributed by atoms with Crippen LogP contribution in [0.15, 0.2) is 17.1 Å². The van der Waals surface area contributed by atoms with Gasteiger partial charge in [0.1, 0.15) is 5.54 Å². The van der Waals surface area contributed by atoms with Crippen molar-refractivity contribution in [3.05, 3.63) is 28.2 Å². The second-order valence-electron chi connectivity index (χ2n) is 3.61. The van der Waals surface area contributed by atoms with E-state index >= 15 is 0 Å². The molecule has 0 fully saturated rings. The number of nitrogens with one attached hydrogen (secondary N) is 1. The van der Waals surface area contributed by atoms with Gasteiger partial charge in [-0.05, 0) is 6.92 Å². The summed E-state index contributed by atoms with van der Waals surface area (Å²) in [5, 5.41) is 17.7. The number of carbonyl (C=O) groups is 1. The second-order valence-corrected chi connectivity index (χ2v) is 3.61. The third kappa shape index (κ3) is 2.57. The molecule has 0 bridgehead atoms. The molecule has 1 aromatic heterocycles. The summed E-state index contributed by atoms with van der Waals surface area (Å²) in [5.41, 5.74) is 3.85. The monoisotopic (exact) mass is 212 g/mol. The fourth-order valence-corrected chi connectivity index (χ4v) is 1.08. The van der Waals surface area contributed by atoms with Crippen LogP contribution in [-0.4, -0.2) is 26.7 Å². The van der Waals surface area contributed by atoms with Crippen molar-refractivity contribution in [1.82, 2.24) is 4.98 Å². The Hall–Kier alpha value is -1.82. The van der Waals surface area contributed by atoms with Gasteiger partial charge in [0.05, 0.1) is 0 Å². The number of aromatic amines is 1. The maximum absolute atomic E-state index is 11.0. The van der Waals surface area contributed by atoms with Crippen molar-refractivity contribution in [3.8, 4) is 5.75 Å². The highest BCUT2D eigenvalue weighted by Gasteiger charge is 2.28. The summed E-state index contributed by atoms with van der Waals surface area (Å²) in [7, 11) is 0. The largest absolute Gasteiger partial charge is 0.503 e. The van der Waals surface area contributed by atoms with Crippen LogP contribution in [0.2, 0.25) is 0 Å². The van der Waals surface area contributed by atoms with E-state index in [2.05, 4.69) is 4.98 Å². The summed E-state index contributed by atoms with van der Waals surface area (Å²) < 4.78 is 0. The van der Waals surface area contributed by atoms with Gasteiger partial charge in [0.25, 0.3) is 0 Å². The average Bonchev–Trinajstić information content (AvgIpc) is 2.10. The molecule has 0 aliphatic carbocycles. The van der Waals surface area contributed by atoms with Crippen LogP contribution < -0.4 is 11.2 Å². The number of aliphatic carboxylic acids is 1. The Morgan fingerprint density at radius 2 is 2.27 bits per heavy atom. The van der Waals surface area contributed by atoms with E-state index in [-0.39, 0.29) is 6.42 Å². The second kappa shape index (κ2) is 3.74. The van der Waals surface area contributed by atoms with Crippen molar-refractivity contribution in [2.75, 3.05) is 0 Å². The fourth-order valence-electron chi connectivity index (χ4n) is 1.08. The minimum Gasteiger partial charge on any atom is -0.503 e. The van der Waals surface area contributed by atoms with Crippen molar-refractivity contribution >= 4 is 5.97 Å². The van der Waals surface area contributed by atoms with Crippen LogP contribution in [0.25, 0.3) is 0 Å². The molecule has 15 heavy (non-hydrogen) atoms. The number of aromatic nitrogens is 1. The first kappa shape index (κ1) is 11.3. The SMILES string of the molecule is CC(N)(Cc1cc(=O)c(O)c[nH]1)C(=O)O. The van der Waals surface area contributed by atoms with Crippen molar-refractivity contribution in [1.29, 1.82) is 0 Å². The van der Waals surface area contributed by atoms with Gasteiger partial charge in [-0.1, -0.05) is 0 Å². The van der Waals surface area contributed by atoms with E-state index < -0.39 is 22.7 Å².